The Morgan fingerprint density at radius 1 is 1.00 bits per heavy atom. The van der Waals surface area contributed by atoms with E-state index in [4.69, 9.17) is 0 Å². The van der Waals surface area contributed by atoms with Gasteiger partial charge < -0.3 is 20.4 Å². The van der Waals surface area contributed by atoms with Gasteiger partial charge in [0.1, 0.15) is 11.5 Å². The van der Waals surface area contributed by atoms with Crippen LogP contribution in [-0.2, 0) is 9.59 Å². The first-order chi connectivity index (χ1) is 15.0. The summed E-state index contributed by atoms with van der Waals surface area (Å²) < 4.78 is 14.1. The van der Waals surface area contributed by atoms with Gasteiger partial charge >= 0.3 is 0 Å². The lowest BCUT2D eigenvalue weighted by Crippen LogP contribution is -2.63. The lowest BCUT2D eigenvalue weighted by Gasteiger charge is -2.46. The Morgan fingerprint density at radius 2 is 1.71 bits per heavy atom. The van der Waals surface area contributed by atoms with Crippen LogP contribution < -0.4 is 15.5 Å². The molecule has 0 bridgehead atoms. The van der Waals surface area contributed by atoms with Crippen LogP contribution in [0.15, 0.2) is 48.5 Å². The molecule has 2 N–H and O–H groups in total. The third-order valence-electron chi connectivity index (χ3n) is 6.44. The van der Waals surface area contributed by atoms with Crippen LogP contribution in [0.25, 0.3) is 0 Å². The number of fused-ring (bicyclic) bond motifs is 1. The number of halogens is 1. The van der Waals surface area contributed by atoms with E-state index in [2.05, 4.69) is 10.6 Å². The standard InChI is InChI=1S/C23H23FN4O3/c24-17-6-2-4-8-19(17)28-14-15(13-20(28)29)22(31)27-11-9-23(10-12-27)25-18-7-3-1-5-16(18)21(30)26-23/h1-8,15,25H,9-14H2,(H,26,30). The number of likely N-dealkylation sites (tertiary alicyclic amines) is 1. The number of benzene rings is 2. The minimum absolute atomic E-state index is 0.0805. The van der Waals surface area contributed by atoms with Gasteiger partial charge in [-0.25, -0.2) is 4.39 Å². The number of hydrogen-bond donors (Lipinski definition) is 2. The fourth-order valence-corrected chi connectivity index (χ4v) is 4.76. The molecule has 2 aromatic carbocycles. The quantitative estimate of drug-likeness (QED) is 0.779. The Bertz CT molecular complexity index is 1060. The van der Waals surface area contributed by atoms with Gasteiger partial charge in [0.2, 0.25) is 11.8 Å². The summed E-state index contributed by atoms with van der Waals surface area (Å²) in [6.45, 7) is 1.12. The summed E-state index contributed by atoms with van der Waals surface area (Å²) in [6, 6.07) is 13.5. The van der Waals surface area contributed by atoms with Gasteiger partial charge in [0.25, 0.3) is 5.91 Å². The van der Waals surface area contributed by atoms with Crippen molar-refractivity contribution in [1.29, 1.82) is 0 Å². The molecule has 31 heavy (non-hydrogen) atoms. The molecular formula is C23H23FN4O3. The molecule has 1 spiro atoms. The normalized spacial score (nSPS) is 22.2. The maximum Gasteiger partial charge on any atom is 0.255 e. The molecule has 3 aliphatic rings. The summed E-state index contributed by atoms with van der Waals surface area (Å²) >= 11 is 0. The molecule has 5 rings (SSSR count). The number of piperidine rings is 1. The van der Waals surface area contributed by atoms with Crippen LogP contribution in [-0.4, -0.2) is 47.9 Å². The van der Waals surface area contributed by atoms with Gasteiger partial charge in [0.15, 0.2) is 0 Å². The van der Waals surface area contributed by atoms with Crippen molar-refractivity contribution in [3.05, 3.63) is 59.9 Å². The highest BCUT2D eigenvalue weighted by molar-refractivity contribution is 6.02. The molecule has 160 valence electrons. The summed E-state index contributed by atoms with van der Waals surface area (Å²) in [4.78, 5) is 41.2. The summed E-state index contributed by atoms with van der Waals surface area (Å²) in [5.74, 6) is -1.41. The van der Waals surface area contributed by atoms with Crippen LogP contribution in [0.2, 0.25) is 0 Å². The molecular weight excluding hydrogens is 399 g/mol. The summed E-state index contributed by atoms with van der Waals surface area (Å²) in [5.41, 5.74) is 1.05. The second-order valence-corrected chi connectivity index (χ2v) is 8.39. The molecule has 0 aliphatic carbocycles. The highest BCUT2D eigenvalue weighted by Gasteiger charge is 2.43. The van der Waals surface area contributed by atoms with E-state index in [0.717, 1.165) is 5.69 Å². The molecule has 2 saturated heterocycles. The van der Waals surface area contributed by atoms with E-state index in [1.54, 1.807) is 29.2 Å². The number of para-hydroxylation sites is 2. The largest absolute Gasteiger partial charge is 0.362 e. The average molecular weight is 422 g/mol. The van der Waals surface area contributed by atoms with Gasteiger partial charge in [0, 0.05) is 44.6 Å². The van der Waals surface area contributed by atoms with Crippen molar-refractivity contribution < 1.29 is 18.8 Å². The second-order valence-electron chi connectivity index (χ2n) is 8.39. The van der Waals surface area contributed by atoms with Crippen molar-refractivity contribution in [1.82, 2.24) is 10.2 Å². The molecule has 1 atom stereocenters. The van der Waals surface area contributed by atoms with Gasteiger partial charge in [-0.05, 0) is 24.3 Å². The Balaban J connectivity index is 1.25. The minimum Gasteiger partial charge on any atom is -0.362 e. The molecule has 1 unspecified atom stereocenters. The predicted octanol–water partition coefficient (Wildman–Crippen LogP) is 2.35. The Labute approximate surface area is 179 Å². The Hall–Kier alpha value is -3.42. The predicted molar refractivity (Wildman–Crippen MR) is 113 cm³/mol. The number of carbonyl (C=O) groups is 3. The van der Waals surface area contributed by atoms with Crippen LogP contribution >= 0.6 is 0 Å². The number of nitrogens with one attached hydrogen (secondary N) is 2. The van der Waals surface area contributed by atoms with Crippen molar-refractivity contribution in [3.63, 3.8) is 0 Å². The lowest BCUT2D eigenvalue weighted by atomic mass is 9.91. The molecule has 0 aromatic heterocycles. The van der Waals surface area contributed by atoms with E-state index in [-0.39, 0.29) is 36.4 Å². The van der Waals surface area contributed by atoms with Crippen molar-refractivity contribution in [2.24, 2.45) is 5.92 Å². The molecule has 0 radical (unpaired) electrons. The molecule has 3 amide bonds. The summed E-state index contributed by atoms with van der Waals surface area (Å²) in [7, 11) is 0. The highest BCUT2D eigenvalue weighted by Crippen LogP contribution is 2.33. The SMILES string of the molecule is O=C1NC2(CCN(C(=O)C3CC(=O)N(c4ccccc4F)C3)CC2)Nc2ccccc21. The third kappa shape index (κ3) is 3.41. The second kappa shape index (κ2) is 7.37. The molecule has 3 heterocycles. The molecule has 2 aromatic rings. The number of nitrogens with zero attached hydrogens (tertiary/aromatic N) is 2. The van der Waals surface area contributed by atoms with Crippen LogP contribution in [0.3, 0.4) is 0 Å². The molecule has 3 aliphatic heterocycles. The van der Waals surface area contributed by atoms with Gasteiger partial charge in [-0.2, -0.15) is 0 Å². The molecule has 2 fully saturated rings. The zero-order chi connectivity index (χ0) is 21.6. The van der Waals surface area contributed by atoms with Crippen molar-refractivity contribution in [3.8, 4) is 0 Å². The number of amides is 3. The van der Waals surface area contributed by atoms with E-state index >= 15 is 0 Å². The smallest absolute Gasteiger partial charge is 0.255 e. The number of hydrogen-bond acceptors (Lipinski definition) is 4. The average Bonchev–Trinajstić information content (AvgIpc) is 3.15. The molecule has 7 nitrogen and oxygen atoms in total. The Kier molecular flexibility index (Phi) is 4.64. The van der Waals surface area contributed by atoms with Crippen LogP contribution in [0.5, 0.6) is 0 Å². The first kappa shape index (κ1) is 19.5. The van der Waals surface area contributed by atoms with E-state index < -0.39 is 17.4 Å². The van der Waals surface area contributed by atoms with Gasteiger partial charge in [0.05, 0.1) is 17.2 Å². The molecule has 8 heteroatoms. The first-order valence-electron chi connectivity index (χ1n) is 10.5. The topological polar surface area (TPSA) is 81.8 Å². The van der Waals surface area contributed by atoms with E-state index in [9.17, 15) is 18.8 Å². The van der Waals surface area contributed by atoms with Gasteiger partial charge in [-0.15, -0.1) is 0 Å². The van der Waals surface area contributed by atoms with Gasteiger partial charge in [-0.3, -0.25) is 14.4 Å². The summed E-state index contributed by atoms with van der Waals surface area (Å²) in [5, 5.41) is 6.51. The Morgan fingerprint density at radius 3 is 2.48 bits per heavy atom. The lowest BCUT2D eigenvalue weighted by molar-refractivity contribution is -0.137. The van der Waals surface area contributed by atoms with E-state index in [1.807, 2.05) is 18.2 Å². The maximum absolute atomic E-state index is 14.1. The summed E-state index contributed by atoms with van der Waals surface area (Å²) in [6.07, 6.45) is 1.21. The van der Waals surface area contributed by atoms with Crippen LogP contribution in [0.4, 0.5) is 15.8 Å². The van der Waals surface area contributed by atoms with Crippen molar-refractivity contribution in [2.45, 2.75) is 24.9 Å². The first-order valence-corrected chi connectivity index (χ1v) is 10.5. The van der Waals surface area contributed by atoms with Crippen molar-refractivity contribution in [2.75, 3.05) is 29.9 Å². The zero-order valence-corrected chi connectivity index (χ0v) is 16.9. The fourth-order valence-electron chi connectivity index (χ4n) is 4.76. The number of anilines is 2. The fraction of sp³-hybridized carbons (Fsp3) is 0.348. The minimum atomic E-state index is -0.576. The van der Waals surface area contributed by atoms with E-state index in [1.165, 1.54) is 11.0 Å². The number of carbonyl (C=O) groups excluding carboxylic acids is 3. The van der Waals surface area contributed by atoms with Crippen LogP contribution in [0, 0.1) is 11.7 Å². The number of rotatable bonds is 2. The van der Waals surface area contributed by atoms with E-state index in [0.29, 0.717) is 31.5 Å². The third-order valence-corrected chi connectivity index (χ3v) is 6.44. The maximum atomic E-state index is 14.1. The highest BCUT2D eigenvalue weighted by atomic mass is 19.1. The van der Waals surface area contributed by atoms with Crippen molar-refractivity contribution >= 4 is 29.1 Å². The zero-order valence-electron chi connectivity index (χ0n) is 16.9. The van der Waals surface area contributed by atoms with Crippen LogP contribution in [0.1, 0.15) is 29.6 Å². The monoisotopic (exact) mass is 422 g/mol. The van der Waals surface area contributed by atoms with Gasteiger partial charge in [-0.1, -0.05) is 24.3 Å². The molecule has 0 saturated carbocycles.